The predicted molar refractivity (Wildman–Crippen MR) is 127 cm³/mol. The molecule has 0 atom stereocenters. The fourth-order valence-corrected chi connectivity index (χ4v) is 3.58. The molecule has 4 rings (SSSR count). The lowest BCUT2D eigenvalue weighted by atomic mass is 10.2. The lowest BCUT2D eigenvalue weighted by Gasteiger charge is -2.38. The number of carbonyl (C=O) groups excluding carboxylic acids is 2. The maximum absolute atomic E-state index is 14.4. The van der Waals surface area contributed by atoms with Gasteiger partial charge in [0.2, 0.25) is 5.76 Å². The van der Waals surface area contributed by atoms with Gasteiger partial charge in [0, 0.05) is 16.0 Å². The quantitative estimate of drug-likeness (QED) is 0.343. The van der Waals surface area contributed by atoms with Crippen LogP contribution in [0.3, 0.4) is 0 Å². The number of furan rings is 1. The Bertz CT molecular complexity index is 1200. The van der Waals surface area contributed by atoms with Crippen LogP contribution >= 0.6 is 22.6 Å². The van der Waals surface area contributed by atoms with Gasteiger partial charge in [0.25, 0.3) is 0 Å². The zero-order valence-electron chi connectivity index (χ0n) is 18.1. The van der Waals surface area contributed by atoms with Crippen molar-refractivity contribution < 1.29 is 28.0 Å². The summed E-state index contributed by atoms with van der Waals surface area (Å²) >= 11 is 2.01. The number of rotatable bonds is 5. The zero-order valence-corrected chi connectivity index (χ0v) is 20.3. The summed E-state index contributed by atoms with van der Waals surface area (Å²) in [7, 11) is 0. The van der Waals surface area contributed by atoms with Crippen LogP contribution in [0.2, 0.25) is 0 Å². The first-order valence-electron chi connectivity index (χ1n) is 10.1. The van der Waals surface area contributed by atoms with Gasteiger partial charge in [-0.2, -0.15) is 0 Å². The van der Waals surface area contributed by atoms with E-state index < -0.39 is 29.5 Å². The highest BCUT2D eigenvalue weighted by Gasteiger charge is 2.35. The van der Waals surface area contributed by atoms with Crippen molar-refractivity contribution in [3.05, 3.63) is 51.8 Å². The molecule has 3 heterocycles. The Labute approximate surface area is 202 Å². The molecule has 11 heteroatoms. The number of ether oxygens (including phenoxy) is 1. The van der Waals surface area contributed by atoms with E-state index in [4.69, 9.17) is 14.0 Å². The zero-order chi connectivity index (χ0) is 23.8. The highest BCUT2D eigenvalue weighted by atomic mass is 127. The highest BCUT2D eigenvalue weighted by molar-refractivity contribution is 14.1. The summed E-state index contributed by atoms with van der Waals surface area (Å²) in [5, 5.41) is 3.45. The summed E-state index contributed by atoms with van der Waals surface area (Å²) in [6.45, 7) is 5.91. The molecule has 1 fully saturated rings. The predicted octanol–water partition coefficient (Wildman–Crippen LogP) is 4.60. The summed E-state index contributed by atoms with van der Waals surface area (Å²) in [6.07, 6.45) is 2.22. The lowest BCUT2D eigenvalue weighted by molar-refractivity contribution is -0.0919. The number of amides is 2. The third-order valence-electron chi connectivity index (χ3n) is 4.70. The van der Waals surface area contributed by atoms with E-state index in [2.05, 4.69) is 15.8 Å². The van der Waals surface area contributed by atoms with Crippen LogP contribution in [0.5, 0.6) is 0 Å². The smallest absolute Gasteiger partial charge is 0.410 e. The SMILES string of the molecule is CC(C)(C)OC(=O)N1CC(ONC(=O)c2oc3ccncc3c2Nc2ccc(I)cc2F)C1. The molecule has 9 nitrogen and oxygen atoms in total. The van der Waals surface area contributed by atoms with E-state index in [1.54, 1.807) is 39.0 Å². The molecule has 0 unspecified atom stereocenters. The van der Waals surface area contributed by atoms with Gasteiger partial charge < -0.3 is 19.4 Å². The number of likely N-dealkylation sites (tertiary alicyclic amines) is 1. The maximum atomic E-state index is 14.4. The van der Waals surface area contributed by atoms with Gasteiger partial charge in [0.05, 0.1) is 24.2 Å². The number of benzene rings is 1. The first-order valence-corrected chi connectivity index (χ1v) is 11.2. The molecule has 2 aromatic heterocycles. The molecule has 174 valence electrons. The second-order valence-electron chi connectivity index (χ2n) is 8.48. The summed E-state index contributed by atoms with van der Waals surface area (Å²) < 4.78 is 26.1. The minimum atomic E-state index is -0.657. The Balaban J connectivity index is 1.44. The molecule has 0 aliphatic carbocycles. The number of fused-ring (bicyclic) bond motifs is 1. The van der Waals surface area contributed by atoms with Crippen molar-refractivity contribution in [2.75, 3.05) is 18.4 Å². The van der Waals surface area contributed by atoms with Crippen LogP contribution in [0.15, 0.2) is 41.1 Å². The van der Waals surface area contributed by atoms with Gasteiger partial charge in [-0.25, -0.2) is 14.7 Å². The second-order valence-corrected chi connectivity index (χ2v) is 9.73. The van der Waals surface area contributed by atoms with Gasteiger partial charge in [-0.05, 0) is 67.6 Å². The van der Waals surface area contributed by atoms with E-state index in [-0.39, 0.29) is 30.2 Å². The number of carbonyl (C=O) groups is 2. The lowest BCUT2D eigenvalue weighted by Crippen LogP contribution is -2.57. The molecule has 3 aromatic rings. The Morgan fingerprint density at radius 2 is 2.03 bits per heavy atom. The summed E-state index contributed by atoms with van der Waals surface area (Å²) in [6, 6.07) is 6.29. The number of nitrogens with one attached hydrogen (secondary N) is 2. The van der Waals surface area contributed by atoms with Crippen LogP contribution in [0.25, 0.3) is 11.0 Å². The molecule has 0 radical (unpaired) electrons. The summed E-state index contributed by atoms with van der Waals surface area (Å²) in [5.41, 5.74) is 2.62. The van der Waals surface area contributed by atoms with Gasteiger partial charge in [0.15, 0.2) is 0 Å². The number of hydroxylamine groups is 1. The minimum Gasteiger partial charge on any atom is -0.448 e. The van der Waals surface area contributed by atoms with Gasteiger partial charge in [-0.3, -0.25) is 14.6 Å². The monoisotopic (exact) mass is 568 g/mol. The van der Waals surface area contributed by atoms with E-state index in [9.17, 15) is 14.0 Å². The number of nitrogens with zero attached hydrogens (tertiary/aromatic N) is 2. The fourth-order valence-electron chi connectivity index (χ4n) is 3.12. The molecule has 2 N–H and O–H groups in total. The molecule has 2 amide bonds. The Kier molecular flexibility index (Phi) is 6.43. The molecule has 1 aliphatic rings. The van der Waals surface area contributed by atoms with E-state index in [1.165, 1.54) is 23.4 Å². The molecule has 1 aliphatic heterocycles. The number of halogens is 2. The molecule has 33 heavy (non-hydrogen) atoms. The average molecular weight is 568 g/mol. The highest BCUT2D eigenvalue weighted by Crippen LogP contribution is 2.34. The van der Waals surface area contributed by atoms with Gasteiger partial charge in [-0.1, -0.05) is 0 Å². The normalized spacial score (nSPS) is 14.2. The van der Waals surface area contributed by atoms with Gasteiger partial charge in [0.1, 0.15) is 28.8 Å². The standard InChI is InChI=1S/C22H22FIN4O5/c1-22(2,3)32-21(30)28-10-13(11-28)33-27-20(29)19-18(14-9-25-7-6-17(14)31-19)26-16-5-4-12(24)8-15(16)23/h4-9,13,26H,10-11H2,1-3H3,(H,27,29). The number of pyridine rings is 1. The van der Waals surface area contributed by atoms with Crippen molar-refractivity contribution in [1.29, 1.82) is 0 Å². The molecule has 1 aromatic carbocycles. The first kappa shape index (κ1) is 23.2. The Hall–Kier alpha value is -2.93. The van der Waals surface area contributed by atoms with Crippen LogP contribution < -0.4 is 10.8 Å². The third kappa shape index (κ3) is 5.36. The minimum absolute atomic E-state index is 0.0840. The molecule has 0 bridgehead atoms. The largest absolute Gasteiger partial charge is 0.448 e. The molecule has 1 saturated heterocycles. The molecule has 0 saturated carbocycles. The van der Waals surface area contributed by atoms with E-state index in [1.807, 2.05) is 22.6 Å². The van der Waals surface area contributed by atoms with Crippen molar-refractivity contribution in [2.24, 2.45) is 0 Å². The van der Waals surface area contributed by atoms with Crippen molar-refractivity contribution in [3.63, 3.8) is 0 Å². The Morgan fingerprint density at radius 3 is 2.73 bits per heavy atom. The van der Waals surface area contributed by atoms with Crippen molar-refractivity contribution in [2.45, 2.75) is 32.5 Å². The molecule has 0 spiro atoms. The topological polar surface area (TPSA) is 106 Å². The van der Waals surface area contributed by atoms with E-state index in [0.717, 1.165) is 3.57 Å². The van der Waals surface area contributed by atoms with Gasteiger partial charge >= 0.3 is 12.0 Å². The Morgan fingerprint density at radius 1 is 1.27 bits per heavy atom. The number of hydrogen-bond acceptors (Lipinski definition) is 7. The van der Waals surface area contributed by atoms with Crippen LogP contribution in [0.4, 0.5) is 20.6 Å². The summed E-state index contributed by atoms with van der Waals surface area (Å²) in [5.74, 6) is -1.21. The maximum Gasteiger partial charge on any atom is 0.410 e. The van der Waals surface area contributed by atoms with Crippen molar-refractivity contribution >= 4 is 56.9 Å². The molecular weight excluding hydrogens is 546 g/mol. The fraction of sp³-hybridized carbons (Fsp3) is 0.318. The summed E-state index contributed by atoms with van der Waals surface area (Å²) in [4.78, 5) is 35.8. The van der Waals surface area contributed by atoms with Crippen molar-refractivity contribution in [1.82, 2.24) is 15.4 Å². The molecular formula is C22H22FIN4O5. The number of hydrogen-bond donors (Lipinski definition) is 2. The van der Waals surface area contributed by atoms with Crippen LogP contribution in [0.1, 0.15) is 31.3 Å². The van der Waals surface area contributed by atoms with Gasteiger partial charge in [-0.15, -0.1) is 0 Å². The number of anilines is 2. The van der Waals surface area contributed by atoms with Crippen molar-refractivity contribution in [3.8, 4) is 0 Å². The number of aromatic nitrogens is 1. The van der Waals surface area contributed by atoms with Crippen LogP contribution in [0, 0.1) is 9.39 Å². The van der Waals surface area contributed by atoms with E-state index >= 15 is 0 Å². The second kappa shape index (κ2) is 9.14. The van der Waals surface area contributed by atoms with Crippen LogP contribution in [-0.2, 0) is 9.57 Å². The van der Waals surface area contributed by atoms with Crippen LogP contribution in [-0.4, -0.2) is 46.7 Å². The third-order valence-corrected chi connectivity index (χ3v) is 5.38. The van der Waals surface area contributed by atoms with E-state index in [0.29, 0.717) is 11.0 Å². The average Bonchev–Trinajstić information content (AvgIpc) is 3.06. The first-order chi connectivity index (χ1) is 15.6.